The first kappa shape index (κ1) is 10.4. The molecule has 1 heterocycles. The van der Waals surface area contributed by atoms with E-state index in [-0.39, 0.29) is 0 Å². The van der Waals surface area contributed by atoms with Crippen LogP contribution in [0.4, 0.5) is 0 Å². The van der Waals surface area contributed by atoms with Crippen molar-refractivity contribution in [3.63, 3.8) is 0 Å². The van der Waals surface area contributed by atoms with E-state index in [1.807, 2.05) is 0 Å². The Morgan fingerprint density at radius 1 is 1.22 bits per heavy atom. The summed E-state index contributed by atoms with van der Waals surface area (Å²) >= 11 is 1.63. The topological polar surface area (TPSA) is 30.0 Å². The minimum Gasteiger partial charge on any atom is -0.293 e. The molecule has 2 aliphatic rings. The monoisotopic (exact) mass is 255 g/mol. The van der Waals surface area contributed by atoms with Crippen LogP contribution in [0.5, 0.6) is 0 Å². The number of ketones is 1. The Balaban J connectivity index is 1.74. The molecular weight excluding hydrogens is 242 g/mol. The van der Waals surface area contributed by atoms with Gasteiger partial charge in [-0.1, -0.05) is 24.3 Å². The van der Waals surface area contributed by atoms with Gasteiger partial charge in [-0.05, 0) is 30.4 Å². The van der Waals surface area contributed by atoms with Crippen LogP contribution in [0.25, 0.3) is 0 Å². The van der Waals surface area contributed by atoms with Gasteiger partial charge in [0.25, 0.3) is 0 Å². The van der Waals surface area contributed by atoms with E-state index >= 15 is 0 Å². The van der Waals surface area contributed by atoms with Crippen LogP contribution < -0.4 is 0 Å². The third-order valence-electron chi connectivity index (χ3n) is 3.94. The SMILES string of the molecule is O=C1CCCc2nc(C3Cc4ccccc43)sc21. The maximum Gasteiger partial charge on any atom is 0.174 e. The van der Waals surface area contributed by atoms with E-state index in [2.05, 4.69) is 24.3 Å². The quantitative estimate of drug-likeness (QED) is 0.782. The number of fused-ring (bicyclic) bond motifs is 2. The highest BCUT2D eigenvalue weighted by atomic mass is 32.1. The number of hydrogen-bond acceptors (Lipinski definition) is 3. The van der Waals surface area contributed by atoms with E-state index in [0.29, 0.717) is 18.1 Å². The van der Waals surface area contributed by atoms with Crippen molar-refractivity contribution in [1.82, 2.24) is 4.98 Å². The zero-order valence-electron chi connectivity index (χ0n) is 9.98. The van der Waals surface area contributed by atoms with Gasteiger partial charge in [0.15, 0.2) is 5.78 Å². The van der Waals surface area contributed by atoms with Crippen LogP contribution >= 0.6 is 11.3 Å². The number of aryl methyl sites for hydroxylation is 1. The van der Waals surface area contributed by atoms with Crippen LogP contribution in [0, 0.1) is 0 Å². The number of carbonyl (C=O) groups excluding carboxylic acids is 1. The number of hydrogen-bond donors (Lipinski definition) is 0. The lowest BCUT2D eigenvalue weighted by Crippen LogP contribution is -2.17. The maximum absolute atomic E-state index is 11.8. The number of aromatic nitrogens is 1. The summed E-state index contributed by atoms with van der Waals surface area (Å²) in [5.41, 5.74) is 3.88. The molecule has 2 aromatic rings. The number of benzene rings is 1. The summed E-state index contributed by atoms with van der Waals surface area (Å²) in [4.78, 5) is 17.5. The Bertz CT molecular complexity index is 644. The molecule has 2 nitrogen and oxygen atoms in total. The fraction of sp³-hybridized carbons (Fsp3) is 0.333. The number of carbonyl (C=O) groups is 1. The highest BCUT2D eigenvalue weighted by Gasteiger charge is 2.32. The number of Topliss-reactive ketones (excluding diaryl/α,β-unsaturated/α-hetero) is 1. The second-order valence-electron chi connectivity index (χ2n) is 5.06. The van der Waals surface area contributed by atoms with Crippen LogP contribution in [-0.2, 0) is 12.8 Å². The molecule has 2 aliphatic carbocycles. The summed E-state index contributed by atoms with van der Waals surface area (Å²) < 4.78 is 0. The van der Waals surface area contributed by atoms with Crippen molar-refractivity contribution in [1.29, 1.82) is 0 Å². The molecule has 1 aromatic carbocycles. The lowest BCUT2D eigenvalue weighted by atomic mass is 9.78. The first-order valence-corrected chi connectivity index (χ1v) is 7.25. The average molecular weight is 255 g/mol. The Labute approximate surface area is 110 Å². The third kappa shape index (κ3) is 1.40. The molecule has 90 valence electrons. The average Bonchev–Trinajstić information content (AvgIpc) is 2.76. The van der Waals surface area contributed by atoms with Crippen molar-refractivity contribution >= 4 is 17.1 Å². The highest BCUT2D eigenvalue weighted by molar-refractivity contribution is 7.14. The molecule has 0 spiro atoms. The van der Waals surface area contributed by atoms with Crippen molar-refractivity contribution in [2.75, 3.05) is 0 Å². The zero-order chi connectivity index (χ0) is 12.1. The summed E-state index contributed by atoms with van der Waals surface area (Å²) in [6.45, 7) is 0. The van der Waals surface area contributed by atoms with Gasteiger partial charge < -0.3 is 0 Å². The van der Waals surface area contributed by atoms with Gasteiger partial charge >= 0.3 is 0 Å². The molecule has 1 atom stereocenters. The van der Waals surface area contributed by atoms with E-state index in [9.17, 15) is 4.79 Å². The van der Waals surface area contributed by atoms with Gasteiger partial charge in [-0.25, -0.2) is 4.98 Å². The molecule has 0 aliphatic heterocycles. The third-order valence-corrected chi connectivity index (χ3v) is 5.19. The molecule has 0 fully saturated rings. The lowest BCUT2D eigenvalue weighted by molar-refractivity contribution is 0.0976. The second-order valence-corrected chi connectivity index (χ2v) is 6.09. The number of nitrogens with zero attached hydrogens (tertiary/aromatic N) is 1. The van der Waals surface area contributed by atoms with Crippen molar-refractivity contribution < 1.29 is 4.79 Å². The second kappa shape index (κ2) is 3.75. The molecule has 0 N–H and O–H groups in total. The maximum atomic E-state index is 11.8. The molecule has 1 unspecified atom stereocenters. The van der Waals surface area contributed by atoms with Gasteiger partial charge in [-0.15, -0.1) is 11.3 Å². The predicted octanol–water partition coefficient (Wildman–Crippen LogP) is 3.35. The van der Waals surface area contributed by atoms with Gasteiger partial charge in [-0.3, -0.25) is 4.79 Å². The van der Waals surface area contributed by atoms with Gasteiger partial charge in [0.1, 0.15) is 5.01 Å². The summed E-state index contributed by atoms with van der Waals surface area (Å²) in [7, 11) is 0. The van der Waals surface area contributed by atoms with Crippen LogP contribution in [-0.4, -0.2) is 10.8 Å². The van der Waals surface area contributed by atoms with Crippen molar-refractivity contribution in [3.05, 3.63) is 51.0 Å². The Kier molecular flexibility index (Phi) is 2.18. The van der Waals surface area contributed by atoms with Gasteiger partial charge in [-0.2, -0.15) is 0 Å². The minimum atomic E-state index is 0.299. The van der Waals surface area contributed by atoms with Crippen LogP contribution in [0.15, 0.2) is 24.3 Å². The summed E-state index contributed by atoms with van der Waals surface area (Å²) in [6.07, 6.45) is 3.73. The number of thiazole rings is 1. The minimum absolute atomic E-state index is 0.299. The predicted molar refractivity (Wildman–Crippen MR) is 71.4 cm³/mol. The van der Waals surface area contributed by atoms with Crippen LogP contribution in [0.1, 0.15) is 50.3 Å². The van der Waals surface area contributed by atoms with Crippen molar-refractivity contribution in [3.8, 4) is 0 Å². The fourth-order valence-corrected chi connectivity index (χ4v) is 4.11. The molecule has 0 bridgehead atoms. The van der Waals surface area contributed by atoms with Crippen LogP contribution in [0.2, 0.25) is 0 Å². The Morgan fingerprint density at radius 3 is 2.94 bits per heavy atom. The fourth-order valence-electron chi connectivity index (χ4n) is 2.92. The summed E-state index contributed by atoms with van der Waals surface area (Å²) in [5, 5.41) is 1.15. The molecule has 3 heteroatoms. The van der Waals surface area contributed by atoms with Gasteiger partial charge in [0.05, 0.1) is 10.6 Å². The van der Waals surface area contributed by atoms with E-state index in [1.165, 1.54) is 11.1 Å². The molecule has 4 rings (SSSR count). The summed E-state index contributed by atoms with van der Waals surface area (Å²) in [5.74, 6) is 0.734. The standard InChI is InChI=1S/C15H13NOS/c17-13-7-3-6-12-14(13)18-15(16-12)11-8-9-4-1-2-5-10(9)11/h1-2,4-5,11H,3,6-8H2. The molecule has 0 saturated carbocycles. The molecule has 0 radical (unpaired) electrons. The first-order chi connectivity index (χ1) is 8.83. The Morgan fingerprint density at radius 2 is 2.11 bits per heavy atom. The highest BCUT2D eigenvalue weighted by Crippen LogP contribution is 2.42. The largest absolute Gasteiger partial charge is 0.293 e. The normalized spacial score (nSPS) is 21.1. The van der Waals surface area contributed by atoms with Crippen molar-refractivity contribution in [2.24, 2.45) is 0 Å². The number of rotatable bonds is 1. The molecular formula is C15H13NOS. The molecule has 18 heavy (non-hydrogen) atoms. The first-order valence-electron chi connectivity index (χ1n) is 6.43. The van der Waals surface area contributed by atoms with Gasteiger partial charge in [0.2, 0.25) is 0 Å². The van der Waals surface area contributed by atoms with E-state index in [4.69, 9.17) is 4.98 Å². The molecule has 0 amide bonds. The van der Waals surface area contributed by atoms with E-state index in [0.717, 1.165) is 34.8 Å². The molecule has 1 aromatic heterocycles. The molecule has 0 saturated heterocycles. The van der Waals surface area contributed by atoms with Crippen LogP contribution in [0.3, 0.4) is 0 Å². The van der Waals surface area contributed by atoms with Gasteiger partial charge in [0, 0.05) is 12.3 Å². The smallest absolute Gasteiger partial charge is 0.174 e. The Hall–Kier alpha value is -1.48. The van der Waals surface area contributed by atoms with E-state index < -0.39 is 0 Å². The zero-order valence-corrected chi connectivity index (χ0v) is 10.8. The summed E-state index contributed by atoms with van der Waals surface area (Å²) in [6, 6.07) is 8.55. The lowest BCUT2D eigenvalue weighted by Gasteiger charge is -2.28. The van der Waals surface area contributed by atoms with Crippen molar-refractivity contribution in [2.45, 2.75) is 31.6 Å². The van der Waals surface area contributed by atoms with E-state index in [1.54, 1.807) is 11.3 Å².